The number of hydrogen-bond acceptors (Lipinski definition) is 3. The van der Waals surface area contributed by atoms with E-state index < -0.39 is 11.6 Å². The molecule has 2 N–H and O–H groups in total. The molecule has 2 aromatic rings. The van der Waals surface area contributed by atoms with Gasteiger partial charge in [0.1, 0.15) is 23.8 Å². The first-order valence-corrected chi connectivity index (χ1v) is 6.38. The molecule has 0 amide bonds. The van der Waals surface area contributed by atoms with Gasteiger partial charge >= 0.3 is 0 Å². The quantitative estimate of drug-likeness (QED) is 0.895. The molecule has 1 saturated heterocycles. The number of ether oxygens (including phenoxy) is 1. The van der Waals surface area contributed by atoms with Crippen LogP contribution < -0.4 is 5.32 Å². The molecule has 1 aliphatic rings. The fraction of sp³-hybridized carbons (Fsp3) is 0.462. The van der Waals surface area contributed by atoms with E-state index in [1.54, 1.807) is 0 Å². The highest BCUT2D eigenvalue weighted by Gasteiger charge is 2.15. The molecular weight excluding hydrogens is 252 g/mol. The molecule has 4 nitrogen and oxygen atoms in total. The minimum absolute atomic E-state index is 0.158. The molecule has 1 aliphatic heterocycles. The zero-order valence-corrected chi connectivity index (χ0v) is 10.4. The van der Waals surface area contributed by atoms with Crippen LogP contribution in [0.3, 0.4) is 0 Å². The summed E-state index contributed by atoms with van der Waals surface area (Å²) in [5.41, 5.74) is 0.520. The zero-order chi connectivity index (χ0) is 13.2. The van der Waals surface area contributed by atoms with Crippen LogP contribution in [0.4, 0.5) is 8.78 Å². The second kappa shape index (κ2) is 5.22. The molecule has 0 bridgehead atoms. The lowest BCUT2D eigenvalue weighted by Gasteiger charge is -2.22. The van der Waals surface area contributed by atoms with Gasteiger partial charge in [0.25, 0.3) is 0 Å². The summed E-state index contributed by atoms with van der Waals surface area (Å²) in [5, 5.41) is 3.25. The zero-order valence-electron chi connectivity index (χ0n) is 10.4. The molecule has 6 heteroatoms. The van der Waals surface area contributed by atoms with Crippen molar-refractivity contribution in [2.45, 2.75) is 25.6 Å². The van der Waals surface area contributed by atoms with E-state index in [1.165, 1.54) is 6.07 Å². The first-order chi connectivity index (χ1) is 9.22. The Labute approximate surface area is 109 Å². The molecule has 0 saturated carbocycles. The highest BCUT2D eigenvalue weighted by molar-refractivity contribution is 5.75. The molecule has 19 heavy (non-hydrogen) atoms. The van der Waals surface area contributed by atoms with Crippen molar-refractivity contribution in [3.63, 3.8) is 0 Å². The molecule has 1 fully saturated rings. The Morgan fingerprint density at radius 1 is 1.26 bits per heavy atom. The van der Waals surface area contributed by atoms with Gasteiger partial charge in [-0.2, -0.15) is 0 Å². The van der Waals surface area contributed by atoms with Gasteiger partial charge in [0.2, 0.25) is 0 Å². The van der Waals surface area contributed by atoms with Crippen LogP contribution in [0.1, 0.15) is 18.7 Å². The summed E-state index contributed by atoms with van der Waals surface area (Å²) in [5.74, 6) is -0.739. The summed E-state index contributed by atoms with van der Waals surface area (Å²) in [6, 6.07) is 2.07. The number of nitrogens with one attached hydrogen (secondary N) is 2. The minimum atomic E-state index is -0.653. The van der Waals surface area contributed by atoms with Crippen LogP contribution in [-0.2, 0) is 11.3 Å². The number of benzene rings is 1. The van der Waals surface area contributed by atoms with E-state index >= 15 is 0 Å². The van der Waals surface area contributed by atoms with Gasteiger partial charge in [0.15, 0.2) is 5.82 Å². The maximum atomic E-state index is 13.5. The maximum absolute atomic E-state index is 13.5. The Balaban J connectivity index is 1.72. The van der Waals surface area contributed by atoms with E-state index in [4.69, 9.17) is 4.74 Å². The Morgan fingerprint density at radius 2 is 2.05 bits per heavy atom. The molecule has 0 atom stereocenters. The third-order valence-corrected chi connectivity index (χ3v) is 3.30. The largest absolute Gasteiger partial charge is 0.370 e. The fourth-order valence-corrected chi connectivity index (χ4v) is 2.32. The van der Waals surface area contributed by atoms with Crippen LogP contribution in [0.2, 0.25) is 0 Å². The van der Waals surface area contributed by atoms with Crippen molar-refractivity contribution in [3.8, 4) is 0 Å². The summed E-state index contributed by atoms with van der Waals surface area (Å²) in [4.78, 5) is 6.98. The van der Waals surface area contributed by atoms with Crippen molar-refractivity contribution in [1.82, 2.24) is 15.3 Å². The first-order valence-electron chi connectivity index (χ1n) is 6.38. The normalized spacial score (nSPS) is 17.2. The van der Waals surface area contributed by atoms with Crippen molar-refractivity contribution in [3.05, 3.63) is 29.6 Å². The summed E-state index contributed by atoms with van der Waals surface area (Å²) in [6.07, 6.45) is 2.13. The van der Waals surface area contributed by atoms with Gasteiger partial charge in [-0.3, -0.25) is 0 Å². The average Bonchev–Trinajstić information content (AvgIpc) is 2.81. The van der Waals surface area contributed by atoms with Gasteiger partial charge in [0, 0.05) is 6.07 Å². The van der Waals surface area contributed by atoms with Gasteiger partial charge in [-0.25, -0.2) is 13.8 Å². The molecule has 1 aromatic heterocycles. The molecule has 0 aliphatic carbocycles. The molecule has 1 aromatic carbocycles. The summed E-state index contributed by atoms with van der Waals surface area (Å²) < 4.78 is 32.3. The number of aromatic nitrogens is 2. The van der Waals surface area contributed by atoms with Gasteiger partial charge in [0.05, 0.1) is 11.6 Å². The molecular formula is C13H15F2N3O. The number of nitrogens with zero attached hydrogens (tertiary/aromatic N) is 1. The third kappa shape index (κ3) is 2.74. The third-order valence-electron chi connectivity index (χ3n) is 3.30. The Hall–Kier alpha value is -1.53. The van der Waals surface area contributed by atoms with Gasteiger partial charge in [-0.05, 0) is 32.0 Å². The summed E-state index contributed by atoms with van der Waals surface area (Å²) >= 11 is 0. The highest BCUT2D eigenvalue weighted by atomic mass is 19.1. The lowest BCUT2D eigenvalue weighted by atomic mass is 10.1. The van der Waals surface area contributed by atoms with Crippen LogP contribution >= 0.6 is 0 Å². The average molecular weight is 267 g/mol. The van der Waals surface area contributed by atoms with Crippen LogP contribution in [0, 0.1) is 11.6 Å². The van der Waals surface area contributed by atoms with Gasteiger partial charge in [-0.1, -0.05) is 0 Å². The van der Waals surface area contributed by atoms with Crippen molar-refractivity contribution >= 4 is 11.0 Å². The predicted octanol–water partition coefficient (Wildman–Crippen LogP) is 2.11. The molecule has 102 valence electrons. The first kappa shape index (κ1) is 12.5. The number of piperidine rings is 1. The van der Waals surface area contributed by atoms with Crippen molar-refractivity contribution in [2.24, 2.45) is 0 Å². The maximum Gasteiger partial charge on any atom is 0.153 e. The highest BCUT2D eigenvalue weighted by Crippen LogP contribution is 2.18. The smallest absolute Gasteiger partial charge is 0.153 e. The Kier molecular flexibility index (Phi) is 3.44. The number of rotatable bonds is 3. The number of imidazole rings is 1. The second-order valence-corrected chi connectivity index (χ2v) is 4.73. The predicted molar refractivity (Wildman–Crippen MR) is 66.7 cm³/mol. The topological polar surface area (TPSA) is 49.9 Å². The molecule has 0 radical (unpaired) electrons. The molecule has 0 spiro atoms. The minimum Gasteiger partial charge on any atom is -0.370 e. The summed E-state index contributed by atoms with van der Waals surface area (Å²) in [7, 11) is 0. The SMILES string of the molecule is Fc1cc(F)c2nc(COC3CCNCC3)[nH]c2c1. The lowest BCUT2D eigenvalue weighted by Crippen LogP contribution is -2.32. The van der Waals surface area contributed by atoms with Crippen LogP contribution in [0.15, 0.2) is 12.1 Å². The number of hydrogen-bond donors (Lipinski definition) is 2. The van der Waals surface area contributed by atoms with E-state index in [9.17, 15) is 8.78 Å². The van der Waals surface area contributed by atoms with Gasteiger partial charge < -0.3 is 15.0 Å². The molecule has 3 rings (SSSR count). The molecule has 0 unspecified atom stereocenters. The van der Waals surface area contributed by atoms with Crippen molar-refractivity contribution < 1.29 is 13.5 Å². The second-order valence-electron chi connectivity index (χ2n) is 4.73. The van der Waals surface area contributed by atoms with E-state index in [0.717, 1.165) is 32.0 Å². The monoisotopic (exact) mass is 267 g/mol. The van der Waals surface area contributed by atoms with Crippen LogP contribution in [0.5, 0.6) is 0 Å². The van der Waals surface area contributed by atoms with E-state index in [1.807, 2.05) is 0 Å². The van der Waals surface area contributed by atoms with Crippen molar-refractivity contribution in [1.29, 1.82) is 0 Å². The van der Waals surface area contributed by atoms with Crippen LogP contribution in [-0.4, -0.2) is 29.2 Å². The standard InChI is InChI=1S/C13H15F2N3O/c14-8-5-10(15)13-11(6-8)17-12(18-13)7-19-9-1-3-16-4-2-9/h5-6,9,16H,1-4,7H2,(H,17,18). The number of H-pyrrole nitrogens is 1. The lowest BCUT2D eigenvalue weighted by molar-refractivity contribution is 0.0182. The molecule has 2 heterocycles. The van der Waals surface area contributed by atoms with Crippen LogP contribution in [0.25, 0.3) is 11.0 Å². The fourth-order valence-electron chi connectivity index (χ4n) is 2.32. The van der Waals surface area contributed by atoms with E-state index in [-0.39, 0.29) is 11.6 Å². The van der Waals surface area contributed by atoms with Gasteiger partial charge in [-0.15, -0.1) is 0 Å². The van der Waals surface area contributed by atoms with Crippen molar-refractivity contribution in [2.75, 3.05) is 13.1 Å². The number of fused-ring (bicyclic) bond motifs is 1. The Bertz CT molecular complexity index is 579. The number of halogens is 2. The summed E-state index contributed by atoms with van der Waals surface area (Å²) in [6.45, 7) is 2.19. The Morgan fingerprint density at radius 3 is 2.84 bits per heavy atom. The van der Waals surface area contributed by atoms with E-state index in [2.05, 4.69) is 15.3 Å². The van der Waals surface area contributed by atoms with E-state index in [0.29, 0.717) is 17.9 Å². The number of aromatic amines is 1.